The minimum absolute atomic E-state index is 0.0156. The topological polar surface area (TPSA) is 23.8 Å². The molecule has 2 atom stereocenters. The zero-order chi connectivity index (χ0) is 7.61. The second kappa shape index (κ2) is 2.62. The van der Waals surface area contributed by atoms with Gasteiger partial charge in [-0.15, -0.1) is 0 Å². The smallest absolute Gasteiger partial charge is 0.0689 e. The van der Waals surface area contributed by atoms with Crippen LogP contribution < -0.4 is 0 Å². The van der Waals surface area contributed by atoms with E-state index in [0.717, 1.165) is 6.42 Å². The van der Waals surface area contributed by atoms with E-state index in [1.807, 2.05) is 0 Å². The van der Waals surface area contributed by atoms with Crippen LogP contribution in [0.3, 0.4) is 0 Å². The fourth-order valence-electron chi connectivity index (χ4n) is 1.67. The normalized spacial score (nSPS) is 40.7. The molecular formula is C9H15N. The molecule has 2 unspecified atom stereocenters. The van der Waals surface area contributed by atoms with Crippen LogP contribution in [0.5, 0.6) is 0 Å². The molecule has 1 rings (SSSR count). The summed E-state index contributed by atoms with van der Waals surface area (Å²) in [5.41, 5.74) is -0.0156. The maximum atomic E-state index is 8.87. The molecule has 1 heteroatoms. The lowest BCUT2D eigenvalue weighted by Crippen LogP contribution is -2.26. The first kappa shape index (κ1) is 7.60. The third-order valence-corrected chi connectivity index (χ3v) is 2.93. The summed E-state index contributed by atoms with van der Waals surface area (Å²) < 4.78 is 0. The largest absolute Gasteiger partial charge is 0.198 e. The molecule has 0 aromatic carbocycles. The predicted octanol–water partition coefficient (Wildman–Crippen LogP) is 2.73. The van der Waals surface area contributed by atoms with Crippen LogP contribution in [-0.2, 0) is 0 Å². The van der Waals surface area contributed by atoms with E-state index in [1.54, 1.807) is 0 Å². The van der Waals surface area contributed by atoms with E-state index in [4.69, 9.17) is 5.26 Å². The molecule has 10 heavy (non-hydrogen) atoms. The molecule has 1 aliphatic rings. The number of nitrogens with zero attached hydrogens (tertiary/aromatic N) is 1. The molecule has 1 saturated carbocycles. The molecule has 0 spiro atoms. The first-order valence-electron chi connectivity index (χ1n) is 4.10. The van der Waals surface area contributed by atoms with Crippen molar-refractivity contribution in [3.63, 3.8) is 0 Å². The van der Waals surface area contributed by atoms with E-state index in [1.165, 1.54) is 19.3 Å². The van der Waals surface area contributed by atoms with Crippen LogP contribution in [0.1, 0.15) is 39.5 Å². The highest BCUT2D eigenvalue weighted by Crippen LogP contribution is 2.39. The summed E-state index contributed by atoms with van der Waals surface area (Å²) >= 11 is 0. The Labute approximate surface area is 63.0 Å². The Hall–Kier alpha value is -0.510. The lowest BCUT2D eigenvalue weighted by atomic mass is 9.69. The Morgan fingerprint density at radius 3 is 2.60 bits per heavy atom. The van der Waals surface area contributed by atoms with Gasteiger partial charge in [0.05, 0.1) is 11.5 Å². The highest BCUT2D eigenvalue weighted by Gasteiger charge is 2.33. The van der Waals surface area contributed by atoms with Crippen molar-refractivity contribution in [2.24, 2.45) is 11.3 Å². The summed E-state index contributed by atoms with van der Waals surface area (Å²) in [6, 6.07) is 2.43. The molecule has 1 fully saturated rings. The molecule has 0 saturated heterocycles. The van der Waals surface area contributed by atoms with Crippen molar-refractivity contribution in [3.8, 4) is 6.07 Å². The van der Waals surface area contributed by atoms with Gasteiger partial charge in [-0.2, -0.15) is 5.26 Å². The van der Waals surface area contributed by atoms with E-state index in [-0.39, 0.29) is 5.41 Å². The number of hydrogen-bond donors (Lipinski definition) is 0. The van der Waals surface area contributed by atoms with Crippen LogP contribution >= 0.6 is 0 Å². The standard InChI is InChI=1S/C9H15N/c1-8-5-3-4-6-9(8,2)7-10/h8H,3-6H2,1-2H3. The first-order chi connectivity index (χ1) is 4.69. The molecule has 1 aliphatic carbocycles. The second-order valence-electron chi connectivity index (χ2n) is 3.68. The quantitative estimate of drug-likeness (QED) is 0.503. The number of hydrogen-bond acceptors (Lipinski definition) is 1. The fourth-order valence-corrected chi connectivity index (χ4v) is 1.67. The first-order valence-corrected chi connectivity index (χ1v) is 4.10. The van der Waals surface area contributed by atoms with E-state index >= 15 is 0 Å². The number of nitriles is 1. The average Bonchev–Trinajstić information content (AvgIpc) is 1.96. The Bertz CT molecular complexity index is 157. The molecule has 0 aromatic rings. The highest BCUT2D eigenvalue weighted by atomic mass is 14.4. The van der Waals surface area contributed by atoms with Crippen molar-refractivity contribution in [1.29, 1.82) is 5.26 Å². The Morgan fingerprint density at radius 2 is 2.20 bits per heavy atom. The maximum absolute atomic E-state index is 8.87. The summed E-state index contributed by atoms with van der Waals surface area (Å²) in [7, 11) is 0. The van der Waals surface area contributed by atoms with Gasteiger partial charge in [-0.25, -0.2) is 0 Å². The van der Waals surface area contributed by atoms with Gasteiger partial charge in [0, 0.05) is 0 Å². The minimum Gasteiger partial charge on any atom is -0.198 e. The Morgan fingerprint density at radius 1 is 1.50 bits per heavy atom. The van der Waals surface area contributed by atoms with E-state index in [9.17, 15) is 0 Å². The van der Waals surface area contributed by atoms with Crippen LogP contribution in [0, 0.1) is 22.7 Å². The zero-order valence-corrected chi connectivity index (χ0v) is 6.85. The summed E-state index contributed by atoms with van der Waals surface area (Å²) in [4.78, 5) is 0. The Kier molecular flexibility index (Phi) is 1.99. The van der Waals surface area contributed by atoms with Crippen molar-refractivity contribution < 1.29 is 0 Å². The SMILES string of the molecule is CC1CCCCC1(C)C#N. The van der Waals surface area contributed by atoms with E-state index in [0.29, 0.717) is 5.92 Å². The molecule has 1 nitrogen and oxygen atoms in total. The van der Waals surface area contributed by atoms with Crippen molar-refractivity contribution in [2.45, 2.75) is 39.5 Å². The van der Waals surface area contributed by atoms with Crippen molar-refractivity contribution in [2.75, 3.05) is 0 Å². The highest BCUT2D eigenvalue weighted by molar-refractivity contribution is 5.00. The molecule has 0 amide bonds. The van der Waals surface area contributed by atoms with Gasteiger partial charge in [0.15, 0.2) is 0 Å². The van der Waals surface area contributed by atoms with Crippen LogP contribution in [0.4, 0.5) is 0 Å². The minimum atomic E-state index is -0.0156. The molecule has 0 radical (unpaired) electrons. The molecule has 0 aliphatic heterocycles. The molecule has 0 N–H and O–H groups in total. The van der Waals surface area contributed by atoms with Crippen molar-refractivity contribution >= 4 is 0 Å². The van der Waals surface area contributed by atoms with Crippen molar-refractivity contribution in [3.05, 3.63) is 0 Å². The summed E-state index contributed by atoms with van der Waals surface area (Å²) in [6.45, 7) is 4.29. The molecule has 0 bridgehead atoms. The van der Waals surface area contributed by atoms with Crippen LogP contribution in [0.2, 0.25) is 0 Å². The third-order valence-electron chi connectivity index (χ3n) is 2.93. The summed E-state index contributed by atoms with van der Waals surface area (Å²) in [6.07, 6.45) is 4.90. The maximum Gasteiger partial charge on any atom is 0.0689 e. The van der Waals surface area contributed by atoms with Crippen LogP contribution in [0.15, 0.2) is 0 Å². The van der Waals surface area contributed by atoms with Gasteiger partial charge in [-0.3, -0.25) is 0 Å². The Balaban J connectivity index is 2.65. The van der Waals surface area contributed by atoms with Gasteiger partial charge in [0.25, 0.3) is 0 Å². The lowest BCUT2D eigenvalue weighted by Gasteiger charge is -2.33. The third kappa shape index (κ3) is 1.16. The average molecular weight is 137 g/mol. The summed E-state index contributed by atoms with van der Waals surface area (Å²) in [5, 5.41) is 8.87. The van der Waals surface area contributed by atoms with Crippen LogP contribution in [0.25, 0.3) is 0 Å². The monoisotopic (exact) mass is 137 g/mol. The number of rotatable bonds is 0. The molecule has 56 valence electrons. The molecule has 0 aromatic heterocycles. The van der Waals surface area contributed by atoms with Gasteiger partial charge < -0.3 is 0 Å². The van der Waals surface area contributed by atoms with Gasteiger partial charge in [-0.05, 0) is 25.7 Å². The zero-order valence-electron chi connectivity index (χ0n) is 6.85. The molecule has 0 heterocycles. The van der Waals surface area contributed by atoms with Crippen molar-refractivity contribution in [1.82, 2.24) is 0 Å². The van der Waals surface area contributed by atoms with Crippen LogP contribution in [-0.4, -0.2) is 0 Å². The van der Waals surface area contributed by atoms with Gasteiger partial charge in [0.1, 0.15) is 0 Å². The fraction of sp³-hybridized carbons (Fsp3) is 0.889. The van der Waals surface area contributed by atoms with Gasteiger partial charge >= 0.3 is 0 Å². The van der Waals surface area contributed by atoms with Gasteiger partial charge in [0.2, 0.25) is 0 Å². The lowest BCUT2D eigenvalue weighted by molar-refractivity contribution is 0.198. The predicted molar refractivity (Wildman–Crippen MR) is 41.4 cm³/mol. The molecular weight excluding hydrogens is 122 g/mol. The second-order valence-corrected chi connectivity index (χ2v) is 3.68. The van der Waals surface area contributed by atoms with E-state index in [2.05, 4.69) is 19.9 Å². The van der Waals surface area contributed by atoms with Gasteiger partial charge in [-0.1, -0.05) is 19.8 Å². The van der Waals surface area contributed by atoms with E-state index < -0.39 is 0 Å². The summed E-state index contributed by atoms with van der Waals surface area (Å²) in [5.74, 6) is 0.603.